The molecular weight excluding hydrogens is 170 g/mol. The number of hydrogen-bond acceptors (Lipinski definition) is 1. The van der Waals surface area contributed by atoms with Crippen molar-refractivity contribution < 1.29 is 0 Å². The molecule has 0 rings (SSSR count). The predicted molar refractivity (Wildman–Crippen MR) is 65.8 cm³/mol. The molecule has 0 aliphatic carbocycles. The first-order valence-electron chi connectivity index (χ1n) is 5.59. The van der Waals surface area contributed by atoms with E-state index in [2.05, 4.69) is 38.4 Å². The predicted octanol–water partition coefficient (Wildman–Crippen LogP) is 4.51. The minimum Gasteiger partial charge on any atom is -0.262 e. The lowest BCUT2D eigenvalue weighted by molar-refractivity contribution is 0.813. The van der Waals surface area contributed by atoms with Gasteiger partial charge in [0.15, 0.2) is 0 Å². The monoisotopic (exact) mass is 193 g/mol. The number of allylic oxidation sites excluding steroid dienone is 3. The van der Waals surface area contributed by atoms with Crippen molar-refractivity contribution in [2.45, 2.75) is 52.9 Å². The largest absolute Gasteiger partial charge is 0.262 e. The highest BCUT2D eigenvalue weighted by atomic mass is 14.7. The fourth-order valence-electron chi connectivity index (χ4n) is 1.13. The molecule has 0 amide bonds. The van der Waals surface area contributed by atoms with E-state index in [9.17, 15) is 0 Å². The molecule has 0 atom stereocenters. The van der Waals surface area contributed by atoms with E-state index in [1.807, 2.05) is 6.21 Å². The smallest absolute Gasteiger partial charge is 0.0331 e. The Balaban J connectivity index is 3.84. The maximum Gasteiger partial charge on any atom is 0.0331 e. The van der Waals surface area contributed by atoms with Crippen LogP contribution in [0.2, 0.25) is 0 Å². The Kier molecular flexibility index (Phi) is 8.20. The zero-order valence-electron chi connectivity index (χ0n) is 9.84. The fraction of sp³-hybridized carbons (Fsp3) is 0.615. The van der Waals surface area contributed by atoms with Gasteiger partial charge < -0.3 is 0 Å². The molecule has 0 aliphatic heterocycles. The summed E-state index contributed by atoms with van der Waals surface area (Å²) in [6, 6.07) is 0. The van der Waals surface area contributed by atoms with E-state index in [-0.39, 0.29) is 0 Å². The van der Waals surface area contributed by atoms with E-state index in [4.69, 9.17) is 0 Å². The van der Waals surface area contributed by atoms with Crippen LogP contribution in [0, 0.1) is 0 Å². The Hall–Kier alpha value is -0.850. The molecule has 0 heterocycles. The molecule has 0 unspecified atom stereocenters. The van der Waals surface area contributed by atoms with Crippen molar-refractivity contribution in [2.75, 3.05) is 0 Å². The summed E-state index contributed by atoms with van der Waals surface area (Å²) in [5.74, 6) is 0. The average molecular weight is 193 g/mol. The van der Waals surface area contributed by atoms with E-state index < -0.39 is 0 Å². The summed E-state index contributed by atoms with van der Waals surface area (Å²) >= 11 is 0. The Bertz CT molecular complexity index is 211. The highest BCUT2D eigenvalue weighted by molar-refractivity contribution is 5.78. The van der Waals surface area contributed by atoms with Crippen LogP contribution in [0.1, 0.15) is 52.9 Å². The molecule has 0 aromatic heterocycles. The zero-order valence-corrected chi connectivity index (χ0v) is 9.84. The maximum atomic E-state index is 4.30. The summed E-state index contributed by atoms with van der Waals surface area (Å²) in [4.78, 5) is 4.30. The summed E-state index contributed by atoms with van der Waals surface area (Å²) in [6.45, 7) is 10.3. The second-order valence-corrected chi connectivity index (χ2v) is 3.66. The van der Waals surface area contributed by atoms with Crippen LogP contribution >= 0.6 is 0 Å². The SMILES string of the molecule is C=C(CCC)N=C/C(C)=C\CCCC. The van der Waals surface area contributed by atoms with Gasteiger partial charge in [0.2, 0.25) is 0 Å². The Morgan fingerprint density at radius 1 is 1.29 bits per heavy atom. The van der Waals surface area contributed by atoms with Crippen molar-refractivity contribution >= 4 is 6.21 Å². The zero-order chi connectivity index (χ0) is 10.8. The van der Waals surface area contributed by atoms with Crippen molar-refractivity contribution in [2.24, 2.45) is 4.99 Å². The quantitative estimate of drug-likeness (QED) is 0.417. The first-order valence-corrected chi connectivity index (χ1v) is 5.59. The minimum atomic E-state index is 0.982. The van der Waals surface area contributed by atoms with Crippen LogP contribution in [-0.4, -0.2) is 6.21 Å². The van der Waals surface area contributed by atoms with Crippen LogP contribution in [0.25, 0.3) is 0 Å². The summed E-state index contributed by atoms with van der Waals surface area (Å²) in [5.41, 5.74) is 2.23. The van der Waals surface area contributed by atoms with Gasteiger partial charge in [0.1, 0.15) is 0 Å². The first kappa shape index (κ1) is 13.2. The van der Waals surface area contributed by atoms with E-state index in [1.54, 1.807) is 0 Å². The number of hydrogen-bond donors (Lipinski definition) is 0. The van der Waals surface area contributed by atoms with Gasteiger partial charge >= 0.3 is 0 Å². The lowest BCUT2D eigenvalue weighted by Crippen LogP contribution is -1.81. The van der Waals surface area contributed by atoms with E-state index in [0.29, 0.717) is 0 Å². The van der Waals surface area contributed by atoms with Crippen molar-refractivity contribution in [3.05, 3.63) is 23.9 Å². The van der Waals surface area contributed by atoms with Gasteiger partial charge in [-0.15, -0.1) is 0 Å². The average Bonchev–Trinajstić information content (AvgIpc) is 2.16. The fourth-order valence-corrected chi connectivity index (χ4v) is 1.13. The molecule has 1 heteroatoms. The lowest BCUT2D eigenvalue weighted by Gasteiger charge is -1.96. The summed E-state index contributed by atoms with van der Waals surface area (Å²) < 4.78 is 0. The van der Waals surface area contributed by atoms with Crippen molar-refractivity contribution in [1.29, 1.82) is 0 Å². The molecule has 0 bridgehead atoms. The molecule has 0 saturated heterocycles. The van der Waals surface area contributed by atoms with Gasteiger partial charge in [0.05, 0.1) is 0 Å². The van der Waals surface area contributed by atoms with E-state index in [0.717, 1.165) is 25.0 Å². The molecule has 0 aliphatic rings. The van der Waals surface area contributed by atoms with Gasteiger partial charge in [-0.2, -0.15) is 0 Å². The molecule has 0 aromatic carbocycles. The molecule has 0 aromatic rings. The third-order valence-electron chi connectivity index (χ3n) is 2.01. The summed E-state index contributed by atoms with van der Waals surface area (Å²) in [5, 5.41) is 0. The molecule has 0 spiro atoms. The van der Waals surface area contributed by atoms with Gasteiger partial charge in [-0.3, -0.25) is 4.99 Å². The van der Waals surface area contributed by atoms with E-state index in [1.165, 1.54) is 18.4 Å². The first-order chi connectivity index (χ1) is 6.70. The Morgan fingerprint density at radius 2 is 2.00 bits per heavy atom. The number of rotatable bonds is 7. The third kappa shape index (κ3) is 7.78. The molecular formula is C13H23N. The highest BCUT2D eigenvalue weighted by Crippen LogP contribution is 2.04. The molecule has 14 heavy (non-hydrogen) atoms. The van der Waals surface area contributed by atoms with Crippen LogP contribution in [0.4, 0.5) is 0 Å². The molecule has 0 fully saturated rings. The highest BCUT2D eigenvalue weighted by Gasteiger charge is 1.87. The Labute approximate surface area is 88.6 Å². The molecule has 0 N–H and O–H groups in total. The second kappa shape index (κ2) is 8.74. The normalized spacial score (nSPS) is 12.4. The van der Waals surface area contributed by atoms with Crippen molar-refractivity contribution in [3.63, 3.8) is 0 Å². The minimum absolute atomic E-state index is 0.982. The number of nitrogens with zero attached hydrogens (tertiary/aromatic N) is 1. The summed E-state index contributed by atoms with van der Waals surface area (Å²) in [6.07, 6.45) is 9.96. The lowest BCUT2D eigenvalue weighted by atomic mass is 10.2. The second-order valence-electron chi connectivity index (χ2n) is 3.66. The van der Waals surface area contributed by atoms with Crippen LogP contribution < -0.4 is 0 Å². The summed E-state index contributed by atoms with van der Waals surface area (Å²) in [7, 11) is 0. The van der Waals surface area contributed by atoms with Crippen LogP contribution in [0.3, 0.4) is 0 Å². The van der Waals surface area contributed by atoms with Crippen LogP contribution in [0.5, 0.6) is 0 Å². The number of unbranched alkanes of at least 4 members (excludes halogenated alkanes) is 2. The van der Waals surface area contributed by atoms with E-state index >= 15 is 0 Å². The standard InChI is InChI=1S/C13H23N/c1-5-7-8-10-12(3)11-14-13(4)9-6-2/h10-11H,4-9H2,1-3H3/b12-10-,14-11?. The molecule has 0 radical (unpaired) electrons. The number of aliphatic imine (C=N–C) groups is 1. The van der Waals surface area contributed by atoms with Gasteiger partial charge in [-0.25, -0.2) is 0 Å². The van der Waals surface area contributed by atoms with Crippen molar-refractivity contribution in [3.8, 4) is 0 Å². The molecule has 80 valence electrons. The van der Waals surface area contributed by atoms with Gasteiger partial charge in [-0.1, -0.05) is 45.8 Å². The molecule has 0 saturated carbocycles. The van der Waals surface area contributed by atoms with Gasteiger partial charge in [-0.05, 0) is 25.3 Å². The Morgan fingerprint density at radius 3 is 2.57 bits per heavy atom. The van der Waals surface area contributed by atoms with Crippen LogP contribution in [0.15, 0.2) is 28.9 Å². The topological polar surface area (TPSA) is 12.4 Å². The van der Waals surface area contributed by atoms with Crippen LogP contribution in [-0.2, 0) is 0 Å². The van der Waals surface area contributed by atoms with Gasteiger partial charge in [0, 0.05) is 11.9 Å². The molecule has 1 nitrogen and oxygen atoms in total. The third-order valence-corrected chi connectivity index (χ3v) is 2.01. The van der Waals surface area contributed by atoms with Gasteiger partial charge in [0.25, 0.3) is 0 Å². The van der Waals surface area contributed by atoms with Crippen molar-refractivity contribution in [1.82, 2.24) is 0 Å². The maximum absolute atomic E-state index is 4.30.